The Morgan fingerprint density at radius 3 is 1.97 bits per heavy atom. The van der Waals surface area contributed by atoms with Gasteiger partial charge in [0.1, 0.15) is 5.82 Å². The zero-order chi connectivity index (χ0) is 43.2. The molecule has 0 aliphatic carbocycles. The number of benzene rings is 8. The van der Waals surface area contributed by atoms with Gasteiger partial charge < -0.3 is 13.9 Å². The molecule has 65 heavy (non-hydrogen) atoms. The Kier molecular flexibility index (Phi) is 11.1. The Morgan fingerprint density at radius 1 is 0.600 bits per heavy atom. The third kappa shape index (κ3) is 7.77. The van der Waals surface area contributed by atoms with Crippen molar-refractivity contribution in [3.05, 3.63) is 235 Å². The fourth-order valence-corrected chi connectivity index (χ4v) is 9.26. The molecule has 0 aliphatic heterocycles. The van der Waals surface area contributed by atoms with E-state index in [1.54, 1.807) is 0 Å². The van der Waals surface area contributed by atoms with Crippen molar-refractivity contribution in [3.8, 4) is 50.9 Å². The van der Waals surface area contributed by atoms with E-state index >= 15 is 0 Å². The van der Waals surface area contributed by atoms with Gasteiger partial charge in [-0.2, -0.15) is 18.2 Å². The van der Waals surface area contributed by atoms with E-state index in [0.717, 1.165) is 84.3 Å². The molecule has 0 amide bonds. The van der Waals surface area contributed by atoms with Crippen LogP contribution in [-0.2, 0) is 32.9 Å². The first-order valence-electron chi connectivity index (χ1n) is 21.8. The van der Waals surface area contributed by atoms with Crippen LogP contribution in [0.15, 0.2) is 200 Å². The maximum absolute atomic E-state index is 6.68. The number of pyridine rings is 1. The van der Waals surface area contributed by atoms with Crippen LogP contribution in [0.5, 0.6) is 11.5 Å². The van der Waals surface area contributed by atoms with E-state index in [4.69, 9.17) is 9.72 Å². The molecule has 3 aromatic heterocycles. The normalized spacial score (nSPS) is 11.6. The summed E-state index contributed by atoms with van der Waals surface area (Å²) in [5.74, 6) is 2.00. The third-order valence-electron chi connectivity index (χ3n) is 12.3. The van der Waals surface area contributed by atoms with E-state index < -0.39 is 0 Å². The number of aromatic nitrogens is 4. The maximum Gasteiger partial charge on any atom is 0.268 e. The van der Waals surface area contributed by atoms with Gasteiger partial charge in [-0.25, -0.2) is 4.98 Å². The van der Waals surface area contributed by atoms with Crippen molar-refractivity contribution < 1.29 is 30.4 Å². The van der Waals surface area contributed by atoms with Crippen LogP contribution >= 0.6 is 0 Å². The summed E-state index contributed by atoms with van der Waals surface area (Å²) in [6.45, 7) is 6.76. The van der Waals surface area contributed by atoms with Crippen LogP contribution in [0.4, 0.5) is 0 Å². The Morgan fingerprint density at radius 2 is 1.23 bits per heavy atom. The first-order chi connectivity index (χ1) is 31.4. The number of fused-ring (bicyclic) bond motifs is 4. The summed E-state index contributed by atoms with van der Waals surface area (Å²) in [6, 6.07) is 75.0. The molecule has 0 N–H and O–H groups in total. The number of hydrogen-bond acceptors (Lipinski definition) is 2. The van der Waals surface area contributed by atoms with Gasteiger partial charge in [-0.1, -0.05) is 165 Å². The fraction of sp³-hybridized carbons (Fsp3) is 0.0847. The number of para-hydroxylation sites is 3. The summed E-state index contributed by atoms with van der Waals surface area (Å²) in [5.41, 5.74) is 14.0. The van der Waals surface area contributed by atoms with Gasteiger partial charge in [0.2, 0.25) is 0 Å². The smallest absolute Gasteiger partial charge is 0.268 e. The predicted molar refractivity (Wildman–Crippen MR) is 259 cm³/mol. The van der Waals surface area contributed by atoms with Gasteiger partial charge in [0, 0.05) is 44.3 Å². The molecule has 0 bridgehead atoms. The molecule has 0 fully saturated rings. The third-order valence-corrected chi connectivity index (χ3v) is 12.3. The Hall–Kier alpha value is -7.33. The molecule has 0 radical (unpaired) electrons. The van der Waals surface area contributed by atoms with Gasteiger partial charge >= 0.3 is 0 Å². The van der Waals surface area contributed by atoms with E-state index in [-0.39, 0.29) is 26.5 Å². The largest absolute Gasteiger partial charge is 0.510 e. The summed E-state index contributed by atoms with van der Waals surface area (Å²) in [7, 11) is 0. The molecule has 3 heterocycles. The quantitative estimate of drug-likeness (QED) is 0.101. The summed E-state index contributed by atoms with van der Waals surface area (Å²) < 4.78 is 13.2. The zero-order valence-electron chi connectivity index (χ0n) is 36.3. The van der Waals surface area contributed by atoms with Crippen molar-refractivity contribution in [2.45, 2.75) is 32.6 Å². The monoisotopic (exact) mass is 1020 g/mol. The van der Waals surface area contributed by atoms with E-state index in [0.29, 0.717) is 11.5 Å². The van der Waals surface area contributed by atoms with Crippen molar-refractivity contribution in [3.63, 3.8) is 0 Å². The number of hydrogen-bond donors (Lipinski definition) is 0. The second kappa shape index (κ2) is 17.3. The van der Waals surface area contributed by atoms with E-state index in [1.165, 1.54) is 11.1 Å². The molecule has 0 aliphatic rings. The van der Waals surface area contributed by atoms with Gasteiger partial charge in [0.05, 0.1) is 16.7 Å². The number of nitrogens with zero attached hydrogens (tertiary/aromatic N) is 4. The van der Waals surface area contributed by atoms with Gasteiger partial charge in [-0.3, -0.25) is 4.57 Å². The minimum atomic E-state index is -0.0551. The zero-order valence-corrected chi connectivity index (χ0v) is 38.5. The van der Waals surface area contributed by atoms with E-state index in [1.807, 2.05) is 24.4 Å². The van der Waals surface area contributed by atoms with Crippen LogP contribution < -0.4 is 9.30 Å². The van der Waals surface area contributed by atoms with Crippen LogP contribution in [0, 0.1) is 25.4 Å². The van der Waals surface area contributed by atoms with Crippen LogP contribution in [0.3, 0.4) is 0 Å². The molecular formula is C59H44N4OPt-2. The van der Waals surface area contributed by atoms with Crippen LogP contribution in [-0.4, -0.2) is 14.1 Å². The van der Waals surface area contributed by atoms with Crippen molar-refractivity contribution in [1.82, 2.24) is 14.1 Å². The number of imidazole rings is 1. The molecule has 318 valence electrons. The van der Waals surface area contributed by atoms with Crippen molar-refractivity contribution in [2.24, 2.45) is 0 Å². The molecule has 0 spiro atoms. The van der Waals surface area contributed by atoms with Crippen LogP contribution in [0.25, 0.3) is 72.3 Å². The van der Waals surface area contributed by atoms with Crippen molar-refractivity contribution >= 4 is 32.8 Å². The molecule has 0 saturated heterocycles. The average Bonchev–Trinajstić information content (AvgIpc) is 3.89. The van der Waals surface area contributed by atoms with Gasteiger partial charge in [0.15, 0.2) is 0 Å². The van der Waals surface area contributed by atoms with E-state index in [9.17, 15) is 0 Å². The number of rotatable bonds is 10. The van der Waals surface area contributed by atoms with Gasteiger partial charge in [0.25, 0.3) is 6.33 Å². The SMILES string of the molecule is Cc1cccc2c1[n+](-c1c(-c3ccccc3)cccc1-c1ccccc1)[c-]n2-c1[c-]c(Oc2[c-]c3c(cc2)c2ccccc2n3-c2cc(CC(C)(C)c3ccccc3)ccn2)ccc1.[Pt]. The van der Waals surface area contributed by atoms with Crippen LogP contribution in [0.1, 0.15) is 30.5 Å². The van der Waals surface area contributed by atoms with Crippen molar-refractivity contribution in [2.75, 3.05) is 0 Å². The molecular weight excluding hydrogens is 976 g/mol. The maximum atomic E-state index is 6.68. The standard InChI is InChI=1S/C59H44N4O.Pt/c1-41-18-15-31-54-57(41)62(58-49(43-19-7-4-8-20-43)28-17-29-50(58)44-21-9-5-10-22-44)40-61(54)46-25-16-26-47(37-46)64-48-32-33-52-51-27-13-14-30-53(51)63(55(52)38-48)56-36-42(34-35-60-56)39-59(2,3)45-23-11-6-12-24-45;/h4-36H,39H2,1-3H3;/q-2;. The van der Waals surface area contributed by atoms with Crippen molar-refractivity contribution in [1.29, 1.82) is 0 Å². The second-order valence-corrected chi connectivity index (χ2v) is 17.0. The molecule has 8 aromatic carbocycles. The number of ether oxygens (including phenoxy) is 1. The minimum Gasteiger partial charge on any atom is -0.510 e. The van der Waals surface area contributed by atoms with E-state index in [2.05, 4.69) is 229 Å². The first kappa shape index (κ1) is 41.7. The second-order valence-electron chi connectivity index (χ2n) is 17.0. The molecule has 0 unspecified atom stereocenters. The minimum absolute atomic E-state index is 0. The Bertz CT molecular complexity index is 3430. The molecule has 5 nitrogen and oxygen atoms in total. The summed E-state index contributed by atoms with van der Waals surface area (Å²) in [4.78, 5) is 4.93. The Labute approximate surface area is 394 Å². The molecule has 11 rings (SSSR count). The van der Waals surface area contributed by atoms with Gasteiger partial charge in [-0.15, -0.1) is 29.7 Å². The van der Waals surface area contributed by atoms with Crippen LogP contribution in [0.2, 0.25) is 0 Å². The van der Waals surface area contributed by atoms with Gasteiger partial charge in [-0.05, 0) is 87.0 Å². The number of aryl methyl sites for hydroxylation is 1. The molecule has 0 saturated carbocycles. The predicted octanol–water partition coefficient (Wildman–Crippen LogP) is 13.8. The fourth-order valence-electron chi connectivity index (χ4n) is 9.26. The average molecular weight is 1020 g/mol. The first-order valence-corrected chi connectivity index (χ1v) is 21.8. The summed E-state index contributed by atoms with van der Waals surface area (Å²) in [6.07, 6.45) is 6.59. The topological polar surface area (TPSA) is 35.9 Å². The summed E-state index contributed by atoms with van der Waals surface area (Å²) in [5, 5.41) is 2.21. The molecule has 6 heteroatoms. The molecule has 0 atom stereocenters. The Balaban J connectivity index is 0.00000498. The molecule has 11 aromatic rings. The summed E-state index contributed by atoms with van der Waals surface area (Å²) >= 11 is 0.